The Morgan fingerprint density at radius 3 is 2.29 bits per heavy atom. The molecule has 0 spiro atoms. The number of carboxylic acids is 1. The van der Waals surface area contributed by atoms with Crippen molar-refractivity contribution in [2.75, 3.05) is 18.0 Å². The molecule has 0 aliphatic heterocycles. The largest absolute Gasteiger partial charge is 0.480 e. The van der Waals surface area contributed by atoms with E-state index in [1.54, 1.807) is 0 Å². The molecule has 0 saturated carbocycles. The summed E-state index contributed by atoms with van der Waals surface area (Å²) in [4.78, 5) is 13.5. The Labute approximate surface area is 128 Å². The second-order valence-electron chi connectivity index (χ2n) is 5.25. The number of unbranched alkanes of at least 4 members (excludes halogenated alkanes) is 1. The fourth-order valence-electron chi connectivity index (χ4n) is 2.38. The first-order chi connectivity index (χ1) is 10.1. The smallest absolute Gasteiger partial charge is 0.320 e. The molecule has 0 radical (unpaired) electrons. The number of benzene rings is 1. The molecule has 0 aliphatic carbocycles. The zero-order valence-electron chi connectivity index (χ0n) is 13.4. The molecule has 1 aromatic carbocycles. The Balaban J connectivity index is 2.56. The fourth-order valence-corrected chi connectivity index (χ4v) is 2.38. The van der Waals surface area contributed by atoms with Gasteiger partial charge in [-0.1, -0.05) is 31.9 Å². The van der Waals surface area contributed by atoms with Crippen LogP contribution < -0.4 is 10.2 Å². The first kappa shape index (κ1) is 17.5. The minimum atomic E-state index is -0.761. The fraction of sp³-hybridized carbons (Fsp3) is 0.588. The van der Waals surface area contributed by atoms with E-state index in [0.717, 1.165) is 31.5 Å². The number of rotatable bonds is 10. The summed E-state index contributed by atoms with van der Waals surface area (Å²) in [5.41, 5.74) is 2.33. The molecule has 0 aliphatic rings. The average molecular weight is 292 g/mol. The number of aliphatic carboxylic acids is 1. The standard InChI is InChI=1S/C17H28N2O2/c1-4-7-8-16(17(20)21)18-13-14-9-11-15(12-10-14)19(5-2)6-3/h9-12,16,18H,4-8,13H2,1-3H3,(H,20,21). The van der Waals surface area contributed by atoms with Crippen LogP contribution in [0.3, 0.4) is 0 Å². The lowest BCUT2D eigenvalue weighted by molar-refractivity contribution is -0.139. The summed E-state index contributed by atoms with van der Waals surface area (Å²) in [5.74, 6) is -0.761. The van der Waals surface area contributed by atoms with Crippen molar-refractivity contribution in [2.24, 2.45) is 0 Å². The average Bonchev–Trinajstić information content (AvgIpc) is 2.49. The summed E-state index contributed by atoms with van der Waals surface area (Å²) in [6, 6.07) is 7.89. The van der Waals surface area contributed by atoms with Gasteiger partial charge in [0.05, 0.1) is 0 Å². The van der Waals surface area contributed by atoms with Crippen molar-refractivity contribution in [2.45, 2.75) is 52.6 Å². The summed E-state index contributed by atoms with van der Waals surface area (Å²) in [6.07, 6.45) is 2.64. The normalized spacial score (nSPS) is 12.1. The van der Waals surface area contributed by atoms with E-state index in [1.165, 1.54) is 5.69 Å². The molecule has 0 heterocycles. The SMILES string of the molecule is CCCCC(NCc1ccc(N(CC)CC)cc1)C(=O)O. The van der Waals surface area contributed by atoms with Crippen LogP contribution in [0.15, 0.2) is 24.3 Å². The summed E-state index contributed by atoms with van der Waals surface area (Å²) in [7, 11) is 0. The van der Waals surface area contributed by atoms with Crippen molar-refractivity contribution >= 4 is 11.7 Å². The summed E-state index contributed by atoms with van der Waals surface area (Å²) in [6.45, 7) is 8.94. The lowest BCUT2D eigenvalue weighted by Gasteiger charge is -2.21. The van der Waals surface area contributed by atoms with Gasteiger partial charge in [-0.25, -0.2) is 0 Å². The van der Waals surface area contributed by atoms with Gasteiger partial charge in [0.1, 0.15) is 6.04 Å². The molecule has 0 amide bonds. The van der Waals surface area contributed by atoms with Crippen LogP contribution in [0, 0.1) is 0 Å². The second kappa shape index (κ2) is 9.40. The molecule has 1 unspecified atom stereocenters. The molecule has 1 atom stereocenters. The van der Waals surface area contributed by atoms with Crippen LogP contribution in [0.4, 0.5) is 5.69 Å². The molecule has 1 rings (SSSR count). The third-order valence-electron chi connectivity index (χ3n) is 3.76. The van der Waals surface area contributed by atoms with Crippen molar-refractivity contribution < 1.29 is 9.90 Å². The van der Waals surface area contributed by atoms with Gasteiger partial charge in [0.2, 0.25) is 0 Å². The second-order valence-corrected chi connectivity index (χ2v) is 5.25. The van der Waals surface area contributed by atoms with Gasteiger partial charge < -0.3 is 15.3 Å². The number of nitrogens with one attached hydrogen (secondary N) is 1. The van der Waals surface area contributed by atoms with Crippen LogP contribution in [0.1, 0.15) is 45.6 Å². The third kappa shape index (κ3) is 5.76. The maximum absolute atomic E-state index is 11.2. The van der Waals surface area contributed by atoms with E-state index >= 15 is 0 Å². The van der Waals surface area contributed by atoms with Crippen LogP contribution >= 0.6 is 0 Å². The van der Waals surface area contributed by atoms with Crippen LogP contribution in [0.25, 0.3) is 0 Å². The van der Waals surface area contributed by atoms with Gasteiger partial charge in [-0.05, 0) is 38.0 Å². The van der Waals surface area contributed by atoms with Gasteiger partial charge in [-0.15, -0.1) is 0 Å². The summed E-state index contributed by atoms with van der Waals surface area (Å²) >= 11 is 0. The molecule has 4 heteroatoms. The van der Waals surface area contributed by atoms with Gasteiger partial charge in [0.15, 0.2) is 0 Å². The number of hydrogen-bond donors (Lipinski definition) is 2. The van der Waals surface area contributed by atoms with E-state index in [-0.39, 0.29) is 0 Å². The Morgan fingerprint density at radius 1 is 1.19 bits per heavy atom. The molecule has 21 heavy (non-hydrogen) atoms. The molecule has 0 fully saturated rings. The minimum Gasteiger partial charge on any atom is -0.480 e. The van der Waals surface area contributed by atoms with Crippen molar-refractivity contribution in [3.8, 4) is 0 Å². The van der Waals surface area contributed by atoms with Gasteiger partial charge in [-0.3, -0.25) is 4.79 Å². The molecule has 4 nitrogen and oxygen atoms in total. The quantitative estimate of drug-likeness (QED) is 0.695. The van der Waals surface area contributed by atoms with Crippen LogP contribution in [0.5, 0.6) is 0 Å². The predicted octanol–water partition coefficient (Wildman–Crippen LogP) is 3.27. The maximum atomic E-state index is 11.2. The number of hydrogen-bond acceptors (Lipinski definition) is 3. The highest BCUT2D eigenvalue weighted by atomic mass is 16.4. The van der Waals surface area contributed by atoms with Gasteiger partial charge in [-0.2, -0.15) is 0 Å². The first-order valence-corrected chi connectivity index (χ1v) is 7.92. The highest BCUT2D eigenvalue weighted by Gasteiger charge is 2.15. The number of carbonyl (C=O) groups is 1. The lowest BCUT2D eigenvalue weighted by Crippen LogP contribution is -2.36. The van der Waals surface area contributed by atoms with Gasteiger partial charge in [0, 0.05) is 25.3 Å². The predicted molar refractivity (Wildman–Crippen MR) is 87.8 cm³/mol. The van der Waals surface area contributed by atoms with Crippen LogP contribution in [0.2, 0.25) is 0 Å². The Kier molecular flexibility index (Phi) is 7.83. The van der Waals surface area contributed by atoms with Gasteiger partial charge >= 0.3 is 5.97 Å². The summed E-state index contributed by atoms with van der Waals surface area (Å²) < 4.78 is 0. The van der Waals surface area contributed by atoms with E-state index in [1.807, 2.05) is 0 Å². The van der Waals surface area contributed by atoms with E-state index < -0.39 is 12.0 Å². The Bertz CT molecular complexity index is 413. The van der Waals surface area contributed by atoms with E-state index in [9.17, 15) is 9.90 Å². The molecule has 0 aromatic heterocycles. The topological polar surface area (TPSA) is 52.6 Å². The maximum Gasteiger partial charge on any atom is 0.320 e. The molecule has 0 saturated heterocycles. The van der Waals surface area contributed by atoms with E-state index in [2.05, 4.69) is 55.3 Å². The molecule has 2 N–H and O–H groups in total. The molecular weight excluding hydrogens is 264 g/mol. The van der Waals surface area contributed by atoms with Crippen LogP contribution in [-0.2, 0) is 11.3 Å². The van der Waals surface area contributed by atoms with Crippen molar-refractivity contribution in [3.05, 3.63) is 29.8 Å². The first-order valence-electron chi connectivity index (χ1n) is 7.92. The van der Waals surface area contributed by atoms with Gasteiger partial charge in [0.25, 0.3) is 0 Å². The number of anilines is 1. The van der Waals surface area contributed by atoms with Crippen molar-refractivity contribution in [1.29, 1.82) is 0 Å². The molecule has 0 bridgehead atoms. The van der Waals surface area contributed by atoms with Crippen LogP contribution in [-0.4, -0.2) is 30.2 Å². The highest BCUT2D eigenvalue weighted by Crippen LogP contribution is 2.15. The zero-order valence-corrected chi connectivity index (χ0v) is 13.4. The monoisotopic (exact) mass is 292 g/mol. The van der Waals surface area contributed by atoms with Crippen molar-refractivity contribution in [1.82, 2.24) is 5.32 Å². The number of nitrogens with zero attached hydrogens (tertiary/aromatic N) is 1. The lowest BCUT2D eigenvalue weighted by atomic mass is 10.1. The molecule has 1 aromatic rings. The Morgan fingerprint density at radius 2 is 1.81 bits per heavy atom. The molecule has 118 valence electrons. The van der Waals surface area contributed by atoms with E-state index in [4.69, 9.17) is 0 Å². The Hall–Kier alpha value is -1.55. The zero-order chi connectivity index (χ0) is 15.7. The molecular formula is C17H28N2O2. The van der Waals surface area contributed by atoms with Crippen molar-refractivity contribution in [3.63, 3.8) is 0 Å². The number of carboxylic acid groups (broad SMARTS) is 1. The van der Waals surface area contributed by atoms with E-state index in [0.29, 0.717) is 13.0 Å². The summed E-state index contributed by atoms with van der Waals surface area (Å²) in [5, 5.41) is 12.3. The highest BCUT2D eigenvalue weighted by molar-refractivity contribution is 5.73. The third-order valence-corrected chi connectivity index (χ3v) is 3.76. The minimum absolute atomic E-state index is 0.451.